The van der Waals surface area contributed by atoms with Gasteiger partial charge in [-0.05, 0) is 49.7 Å². The number of thiocarbonyl (C=S) groups is 1. The lowest BCUT2D eigenvalue weighted by molar-refractivity contribution is 0.304. The van der Waals surface area contributed by atoms with E-state index in [1.54, 1.807) is 7.11 Å². The molecule has 122 valence electrons. The average molecular weight is 329 g/mol. The maximum atomic E-state index is 6.01. The summed E-state index contributed by atoms with van der Waals surface area (Å²) in [5.41, 5.74) is 5.59. The zero-order valence-electron chi connectivity index (χ0n) is 14.1. The summed E-state index contributed by atoms with van der Waals surface area (Å²) in [6.45, 7) is 6.73. The predicted molar refractivity (Wildman–Crippen MR) is 99.3 cm³/mol. The van der Waals surface area contributed by atoms with E-state index in [1.165, 1.54) is 11.1 Å². The van der Waals surface area contributed by atoms with Crippen LogP contribution in [0.3, 0.4) is 0 Å². The summed E-state index contributed by atoms with van der Waals surface area (Å²) >= 11 is 5.14. The van der Waals surface area contributed by atoms with Gasteiger partial charge >= 0.3 is 0 Å². The zero-order valence-corrected chi connectivity index (χ0v) is 14.9. The van der Waals surface area contributed by atoms with Crippen molar-refractivity contribution in [2.24, 2.45) is 0 Å². The van der Waals surface area contributed by atoms with E-state index < -0.39 is 0 Å². The van der Waals surface area contributed by atoms with Gasteiger partial charge < -0.3 is 14.8 Å². The third-order valence-electron chi connectivity index (χ3n) is 3.74. The van der Waals surface area contributed by atoms with Crippen molar-refractivity contribution in [3.63, 3.8) is 0 Å². The van der Waals surface area contributed by atoms with Gasteiger partial charge in [0.15, 0.2) is 0 Å². The highest BCUT2D eigenvalue weighted by Gasteiger charge is 2.10. The van der Waals surface area contributed by atoms with Crippen LogP contribution in [0, 0.1) is 13.8 Å². The van der Waals surface area contributed by atoms with Crippen LogP contribution in [0.4, 0.5) is 5.69 Å². The van der Waals surface area contributed by atoms with Crippen molar-refractivity contribution in [1.82, 2.24) is 0 Å². The van der Waals surface area contributed by atoms with E-state index in [9.17, 15) is 0 Å². The number of hydrogen-bond donors (Lipinski definition) is 1. The smallest absolute Gasteiger partial charge is 0.260 e. The van der Waals surface area contributed by atoms with Crippen LogP contribution in [0.25, 0.3) is 0 Å². The summed E-state index contributed by atoms with van der Waals surface area (Å²) in [7, 11) is 1.57. The van der Waals surface area contributed by atoms with Crippen molar-refractivity contribution in [3.8, 4) is 5.75 Å². The van der Waals surface area contributed by atoms with E-state index in [0.29, 0.717) is 11.8 Å². The fourth-order valence-electron chi connectivity index (χ4n) is 2.50. The van der Waals surface area contributed by atoms with Gasteiger partial charge in [0.05, 0.1) is 12.8 Å². The van der Waals surface area contributed by atoms with Crippen molar-refractivity contribution in [2.75, 3.05) is 12.4 Å². The molecule has 0 spiro atoms. The molecular formula is C19H23NO2S. The molecule has 0 saturated carbocycles. The Bertz CT molecular complexity index is 698. The molecule has 0 fully saturated rings. The van der Waals surface area contributed by atoms with Gasteiger partial charge in [0, 0.05) is 5.56 Å². The van der Waals surface area contributed by atoms with Crippen LogP contribution in [-0.4, -0.2) is 12.3 Å². The summed E-state index contributed by atoms with van der Waals surface area (Å²) in [4.78, 5) is 0. The van der Waals surface area contributed by atoms with Crippen molar-refractivity contribution < 1.29 is 9.47 Å². The molecule has 0 aliphatic carbocycles. The van der Waals surface area contributed by atoms with Crippen LogP contribution in [0.15, 0.2) is 36.4 Å². The summed E-state index contributed by atoms with van der Waals surface area (Å²) < 4.78 is 11.1. The minimum Gasteiger partial charge on any atom is -0.489 e. The van der Waals surface area contributed by atoms with Crippen LogP contribution >= 0.6 is 12.2 Å². The SMILES string of the molecule is CCc1cccc(COc2ccc(C)cc2C)c1NC(=S)OC. The molecule has 0 radical (unpaired) electrons. The highest BCUT2D eigenvalue weighted by atomic mass is 32.1. The van der Waals surface area contributed by atoms with Gasteiger partial charge in [0.1, 0.15) is 12.4 Å². The summed E-state index contributed by atoms with van der Waals surface area (Å²) in [6.07, 6.45) is 0.909. The Morgan fingerprint density at radius 1 is 1.13 bits per heavy atom. The monoisotopic (exact) mass is 329 g/mol. The number of anilines is 1. The first kappa shape index (κ1) is 17.3. The maximum absolute atomic E-state index is 6.01. The second-order valence-corrected chi connectivity index (χ2v) is 5.85. The van der Waals surface area contributed by atoms with Gasteiger partial charge in [0.25, 0.3) is 5.17 Å². The molecule has 0 aliphatic heterocycles. The Kier molecular flexibility index (Phi) is 5.99. The Labute approximate surface area is 143 Å². The van der Waals surface area contributed by atoms with E-state index >= 15 is 0 Å². The highest BCUT2D eigenvalue weighted by molar-refractivity contribution is 7.80. The number of methoxy groups -OCH3 is 1. The fraction of sp³-hybridized carbons (Fsp3) is 0.316. The molecule has 0 heterocycles. The number of hydrogen-bond acceptors (Lipinski definition) is 3. The van der Waals surface area contributed by atoms with E-state index in [2.05, 4.69) is 44.3 Å². The van der Waals surface area contributed by atoms with Gasteiger partial charge in [-0.3, -0.25) is 0 Å². The topological polar surface area (TPSA) is 30.5 Å². The lowest BCUT2D eigenvalue weighted by Crippen LogP contribution is -2.14. The number of aryl methyl sites for hydroxylation is 3. The summed E-state index contributed by atoms with van der Waals surface area (Å²) in [5, 5.41) is 3.53. The second-order valence-electron chi connectivity index (χ2n) is 5.48. The molecule has 23 heavy (non-hydrogen) atoms. The Morgan fingerprint density at radius 2 is 1.87 bits per heavy atom. The first-order chi connectivity index (χ1) is 11.0. The average Bonchev–Trinajstić information content (AvgIpc) is 2.54. The molecule has 1 N–H and O–H groups in total. The number of nitrogens with one attached hydrogen (secondary N) is 1. The van der Waals surface area contributed by atoms with Crippen LogP contribution in [0.2, 0.25) is 0 Å². The van der Waals surface area contributed by atoms with Crippen molar-refractivity contribution in [1.29, 1.82) is 0 Å². The molecule has 4 heteroatoms. The number of benzene rings is 2. The van der Waals surface area contributed by atoms with Gasteiger partial charge in [0.2, 0.25) is 0 Å². The molecule has 0 atom stereocenters. The molecule has 3 nitrogen and oxygen atoms in total. The largest absolute Gasteiger partial charge is 0.489 e. The molecule has 0 saturated heterocycles. The molecule has 0 amide bonds. The van der Waals surface area contributed by atoms with E-state index in [4.69, 9.17) is 21.7 Å². The Hall–Kier alpha value is -2.07. The second kappa shape index (κ2) is 7.97. The number of ether oxygens (including phenoxy) is 2. The Morgan fingerprint density at radius 3 is 2.52 bits per heavy atom. The van der Waals surface area contributed by atoms with Gasteiger partial charge in [-0.15, -0.1) is 0 Å². The van der Waals surface area contributed by atoms with Crippen molar-refractivity contribution >= 4 is 23.1 Å². The first-order valence-corrected chi connectivity index (χ1v) is 8.11. The third-order valence-corrected chi connectivity index (χ3v) is 4.01. The fourth-order valence-corrected chi connectivity index (χ4v) is 2.60. The molecule has 2 rings (SSSR count). The lowest BCUT2D eigenvalue weighted by atomic mass is 10.1. The number of rotatable bonds is 5. The summed E-state index contributed by atoms with van der Waals surface area (Å²) in [5.74, 6) is 0.901. The molecule has 2 aromatic rings. The van der Waals surface area contributed by atoms with Gasteiger partial charge in [-0.1, -0.05) is 42.8 Å². The van der Waals surface area contributed by atoms with Crippen LogP contribution in [-0.2, 0) is 17.8 Å². The van der Waals surface area contributed by atoms with Crippen molar-refractivity contribution in [3.05, 3.63) is 58.7 Å². The molecule has 0 bridgehead atoms. The standard InChI is InChI=1S/C19H23NO2S/c1-5-15-7-6-8-16(18(15)20-19(23)21-4)12-22-17-10-9-13(2)11-14(17)3/h6-11H,5,12H2,1-4H3,(H,20,23). The van der Waals surface area contributed by atoms with Gasteiger partial charge in [-0.2, -0.15) is 0 Å². The Balaban J connectivity index is 2.23. The predicted octanol–water partition coefficient (Wildman–Crippen LogP) is 4.79. The highest BCUT2D eigenvalue weighted by Crippen LogP contribution is 2.25. The molecular weight excluding hydrogens is 306 g/mol. The molecule has 0 aliphatic rings. The lowest BCUT2D eigenvalue weighted by Gasteiger charge is -2.17. The zero-order chi connectivity index (χ0) is 16.8. The molecule has 0 unspecified atom stereocenters. The van der Waals surface area contributed by atoms with Crippen LogP contribution in [0.1, 0.15) is 29.2 Å². The summed E-state index contributed by atoms with van der Waals surface area (Å²) in [6, 6.07) is 12.4. The van der Waals surface area contributed by atoms with Crippen LogP contribution in [0.5, 0.6) is 5.75 Å². The third kappa shape index (κ3) is 4.45. The minimum atomic E-state index is 0.360. The normalized spacial score (nSPS) is 10.3. The van der Waals surface area contributed by atoms with Crippen molar-refractivity contribution in [2.45, 2.75) is 33.8 Å². The quantitative estimate of drug-likeness (QED) is 0.799. The van der Waals surface area contributed by atoms with Gasteiger partial charge in [-0.25, -0.2) is 0 Å². The minimum absolute atomic E-state index is 0.360. The van der Waals surface area contributed by atoms with Crippen LogP contribution < -0.4 is 10.1 Å². The maximum Gasteiger partial charge on any atom is 0.260 e. The first-order valence-electron chi connectivity index (χ1n) is 7.71. The van der Waals surface area contributed by atoms with E-state index in [0.717, 1.165) is 29.0 Å². The molecule has 2 aromatic carbocycles. The number of para-hydroxylation sites is 1. The molecule has 0 aromatic heterocycles. The van der Waals surface area contributed by atoms with E-state index in [-0.39, 0.29) is 0 Å². The van der Waals surface area contributed by atoms with E-state index in [1.807, 2.05) is 18.2 Å².